The lowest BCUT2D eigenvalue weighted by atomic mass is 10.3. The summed E-state index contributed by atoms with van der Waals surface area (Å²) in [5.74, 6) is 0.273. The summed E-state index contributed by atoms with van der Waals surface area (Å²) in [5.41, 5.74) is 0. The van der Waals surface area contributed by atoms with Gasteiger partial charge in [-0.2, -0.15) is 0 Å². The van der Waals surface area contributed by atoms with Gasteiger partial charge in [0.1, 0.15) is 5.78 Å². The van der Waals surface area contributed by atoms with Crippen LogP contribution < -0.4 is 0 Å². The zero-order chi connectivity index (χ0) is 8.27. The largest absolute Gasteiger partial charge is 0.304 e. The molecular weight excluding hydrogens is 140 g/mol. The van der Waals surface area contributed by atoms with Gasteiger partial charge in [0.05, 0.1) is 6.54 Å². The van der Waals surface area contributed by atoms with Crippen LogP contribution in [-0.4, -0.2) is 55.4 Å². The van der Waals surface area contributed by atoms with E-state index in [9.17, 15) is 4.79 Å². The van der Waals surface area contributed by atoms with Gasteiger partial charge >= 0.3 is 0 Å². The van der Waals surface area contributed by atoms with Crippen LogP contribution in [0.3, 0.4) is 0 Å². The standard InChI is InChI=1S/C8H16N2O/c1-8(11)7-10-5-3-9(2)4-6-10/h3-7H2,1-2H3. The van der Waals surface area contributed by atoms with Crippen LogP contribution in [0.4, 0.5) is 0 Å². The monoisotopic (exact) mass is 156 g/mol. The molecule has 64 valence electrons. The molecular formula is C8H16N2O. The lowest BCUT2D eigenvalue weighted by molar-refractivity contribution is -0.118. The number of rotatable bonds is 2. The van der Waals surface area contributed by atoms with Gasteiger partial charge in [-0.05, 0) is 14.0 Å². The lowest BCUT2D eigenvalue weighted by Gasteiger charge is -2.31. The van der Waals surface area contributed by atoms with Crippen molar-refractivity contribution in [3.05, 3.63) is 0 Å². The van der Waals surface area contributed by atoms with E-state index >= 15 is 0 Å². The molecule has 0 aromatic heterocycles. The first-order chi connectivity index (χ1) is 5.18. The highest BCUT2D eigenvalue weighted by Gasteiger charge is 2.13. The number of likely N-dealkylation sites (N-methyl/N-ethyl adjacent to an activating group) is 1. The van der Waals surface area contributed by atoms with Crippen molar-refractivity contribution in [1.29, 1.82) is 0 Å². The van der Waals surface area contributed by atoms with Gasteiger partial charge in [-0.15, -0.1) is 0 Å². The zero-order valence-electron chi connectivity index (χ0n) is 7.34. The molecule has 0 aromatic rings. The summed E-state index contributed by atoms with van der Waals surface area (Å²) in [7, 11) is 2.12. The molecule has 0 radical (unpaired) electrons. The molecule has 0 aliphatic carbocycles. The molecule has 1 aliphatic rings. The van der Waals surface area contributed by atoms with Crippen LogP contribution in [0, 0.1) is 0 Å². The number of hydrogen-bond donors (Lipinski definition) is 0. The quantitative estimate of drug-likeness (QED) is 0.554. The molecule has 1 fully saturated rings. The van der Waals surface area contributed by atoms with E-state index in [1.54, 1.807) is 6.92 Å². The fourth-order valence-corrected chi connectivity index (χ4v) is 1.32. The van der Waals surface area contributed by atoms with E-state index in [0.29, 0.717) is 6.54 Å². The summed E-state index contributed by atoms with van der Waals surface area (Å²) in [6.45, 7) is 6.54. The molecule has 11 heavy (non-hydrogen) atoms. The van der Waals surface area contributed by atoms with Crippen molar-refractivity contribution in [1.82, 2.24) is 9.80 Å². The third-order valence-electron chi connectivity index (χ3n) is 2.04. The minimum atomic E-state index is 0.273. The van der Waals surface area contributed by atoms with Crippen molar-refractivity contribution < 1.29 is 4.79 Å². The van der Waals surface area contributed by atoms with E-state index < -0.39 is 0 Å². The first-order valence-electron chi connectivity index (χ1n) is 4.09. The van der Waals surface area contributed by atoms with Gasteiger partial charge in [0.25, 0.3) is 0 Å². The van der Waals surface area contributed by atoms with Crippen LogP contribution in [0.15, 0.2) is 0 Å². The molecule has 0 saturated carbocycles. The highest BCUT2D eigenvalue weighted by Crippen LogP contribution is 1.97. The third kappa shape index (κ3) is 2.99. The van der Waals surface area contributed by atoms with Gasteiger partial charge in [0.2, 0.25) is 0 Å². The molecule has 0 spiro atoms. The average molecular weight is 156 g/mol. The predicted octanol–water partition coefficient (Wildman–Crippen LogP) is -0.177. The number of Topliss-reactive ketones (excluding diaryl/α,β-unsaturated/α-hetero) is 1. The van der Waals surface area contributed by atoms with Crippen LogP contribution in [0.5, 0.6) is 0 Å². The number of carbonyl (C=O) groups excluding carboxylic acids is 1. The normalized spacial score (nSPS) is 22.0. The van der Waals surface area contributed by atoms with Crippen molar-refractivity contribution >= 4 is 5.78 Å². The van der Waals surface area contributed by atoms with Crippen molar-refractivity contribution in [2.24, 2.45) is 0 Å². The number of hydrogen-bond acceptors (Lipinski definition) is 3. The number of nitrogens with zero attached hydrogens (tertiary/aromatic N) is 2. The third-order valence-corrected chi connectivity index (χ3v) is 2.04. The molecule has 3 nitrogen and oxygen atoms in total. The van der Waals surface area contributed by atoms with Gasteiger partial charge in [0.15, 0.2) is 0 Å². The van der Waals surface area contributed by atoms with E-state index in [1.807, 2.05) is 0 Å². The van der Waals surface area contributed by atoms with E-state index in [0.717, 1.165) is 26.2 Å². The van der Waals surface area contributed by atoms with E-state index in [-0.39, 0.29) is 5.78 Å². The van der Waals surface area contributed by atoms with E-state index in [2.05, 4.69) is 16.8 Å². The molecule has 0 bridgehead atoms. The summed E-state index contributed by atoms with van der Waals surface area (Å²) in [6, 6.07) is 0. The average Bonchev–Trinajstić information content (AvgIpc) is 1.93. The van der Waals surface area contributed by atoms with Crippen LogP contribution in [-0.2, 0) is 4.79 Å². The van der Waals surface area contributed by atoms with Gasteiger partial charge in [0, 0.05) is 26.2 Å². The van der Waals surface area contributed by atoms with E-state index in [1.165, 1.54) is 0 Å². The van der Waals surface area contributed by atoms with Gasteiger partial charge < -0.3 is 4.90 Å². The fraction of sp³-hybridized carbons (Fsp3) is 0.875. The highest BCUT2D eigenvalue weighted by atomic mass is 16.1. The van der Waals surface area contributed by atoms with Crippen molar-refractivity contribution in [2.75, 3.05) is 39.8 Å². The molecule has 1 saturated heterocycles. The second kappa shape index (κ2) is 3.83. The Morgan fingerprint density at radius 1 is 1.27 bits per heavy atom. The van der Waals surface area contributed by atoms with Gasteiger partial charge in [-0.1, -0.05) is 0 Å². The maximum absolute atomic E-state index is 10.7. The summed E-state index contributed by atoms with van der Waals surface area (Å²) in [5, 5.41) is 0. The summed E-state index contributed by atoms with van der Waals surface area (Å²) in [6.07, 6.45) is 0. The van der Waals surface area contributed by atoms with Crippen LogP contribution in [0.1, 0.15) is 6.92 Å². The molecule has 1 rings (SSSR count). The second-order valence-corrected chi connectivity index (χ2v) is 3.28. The van der Waals surface area contributed by atoms with Crippen molar-refractivity contribution in [3.63, 3.8) is 0 Å². The SMILES string of the molecule is CC(=O)CN1CCN(C)CC1. The Balaban J connectivity index is 2.22. The Bertz CT molecular complexity index is 139. The second-order valence-electron chi connectivity index (χ2n) is 3.28. The Morgan fingerprint density at radius 3 is 2.27 bits per heavy atom. The number of piperazine rings is 1. The maximum atomic E-state index is 10.7. The minimum absolute atomic E-state index is 0.273. The van der Waals surface area contributed by atoms with E-state index in [4.69, 9.17) is 0 Å². The molecule has 0 N–H and O–H groups in total. The molecule has 1 aliphatic heterocycles. The van der Waals surface area contributed by atoms with Gasteiger partial charge in [-0.25, -0.2) is 0 Å². The molecule has 0 amide bonds. The number of ketones is 1. The molecule has 3 heteroatoms. The highest BCUT2D eigenvalue weighted by molar-refractivity contribution is 5.77. The topological polar surface area (TPSA) is 23.6 Å². The molecule has 0 atom stereocenters. The Morgan fingerprint density at radius 2 is 1.82 bits per heavy atom. The minimum Gasteiger partial charge on any atom is -0.304 e. The van der Waals surface area contributed by atoms with Crippen LogP contribution in [0.2, 0.25) is 0 Å². The first kappa shape index (κ1) is 8.68. The Kier molecular flexibility index (Phi) is 3.02. The zero-order valence-corrected chi connectivity index (χ0v) is 7.34. The Hall–Kier alpha value is -0.410. The summed E-state index contributed by atoms with van der Waals surface area (Å²) in [4.78, 5) is 15.2. The van der Waals surface area contributed by atoms with Gasteiger partial charge in [-0.3, -0.25) is 9.69 Å². The first-order valence-corrected chi connectivity index (χ1v) is 4.09. The lowest BCUT2D eigenvalue weighted by Crippen LogP contribution is -2.45. The number of carbonyl (C=O) groups is 1. The summed E-state index contributed by atoms with van der Waals surface area (Å²) >= 11 is 0. The van der Waals surface area contributed by atoms with Crippen molar-refractivity contribution in [3.8, 4) is 0 Å². The molecule has 0 unspecified atom stereocenters. The predicted molar refractivity (Wildman–Crippen MR) is 44.6 cm³/mol. The maximum Gasteiger partial charge on any atom is 0.143 e. The molecule has 1 heterocycles. The molecule has 0 aromatic carbocycles. The van der Waals surface area contributed by atoms with Crippen LogP contribution >= 0.6 is 0 Å². The summed E-state index contributed by atoms with van der Waals surface area (Å²) < 4.78 is 0. The fourth-order valence-electron chi connectivity index (χ4n) is 1.32. The smallest absolute Gasteiger partial charge is 0.143 e. The van der Waals surface area contributed by atoms with Crippen LogP contribution in [0.25, 0.3) is 0 Å². The Labute approximate surface area is 68.0 Å². The van der Waals surface area contributed by atoms with Crippen molar-refractivity contribution in [2.45, 2.75) is 6.92 Å².